The molecule has 0 spiro atoms. The van der Waals surface area contributed by atoms with E-state index in [2.05, 4.69) is 23.7 Å². The fourth-order valence-corrected chi connectivity index (χ4v) is 2.01. The summed E-state index contributed by atoms with van der Waals surface area (Å²) in [4.78, 5) is 17.5. The summed E-state index contributed by atoms with van der Waals surface area (Å²) in [6.45, 7) is 8.81. The van der Waals surface area contributed by atoms with Crippen molar-refractivity contribution in [3.63, 3.8) is 0 Å². The molecule has 1 aromatic heterocycles. The largest absolute Gasteiger partial charge is 0.475 e. The minimum absolute atomic E-state index is 0.129. The van der Waals surface area contributed by atoms with Crippen molar-refractivity contribution >= 4 is 5.97 Å². The third-order valence-corrected chi connectivity index (χ3v) is 3.09. The summed E-state index contributed by atoms with van der Waals surface area (Å²) in [6, 6.07) is 0. The third kappa shape index (κ3) is 2.85. The Hall–Kier alpha value is -1.36. The van der Waals surface area contributed by atoms with E-state index < -0.39 is 5.97 Å². The lowest BCUT2D eigenvalue weighted by molar-refractivity contribution is 0.0679. The van der Waals surface area contributed by atoms with Crippen LogP contribution in [0.5, 0.6) is 0 Å². The van der Waals surface area contributed by atoms with E-state index in [-0.39, 0.29) is 5.82 Å². The standard InChI is InChI=1S/C12H21N3O2/c1-5-10-9(8-15(6-2)7-3)13-11(12(16)17)14(10)4/h5-8H2,1-4H3,(H,16,17). The molecule has 0 bridgehead atoms. The van der Waals surface area contributed by atoms with Crippen molar-refractivity contribution in [2.24, 2.45) is 7.05 Å². The average Bonchev–Trinajstić information content (AvgIpc) is 2.62. The number of imidazole rings is 1. The number of hydrogen-bond acceptors (Lipinski definition) is 3. The van der Waals surface area contributed by atoms with E-state index >= 15 is 0 Å². The van der Waals surface area contributed by atoms with Gasteiger partial charge in [-0.2, -0.15) is 0 Å². The third-order valence-electron chi connectivity index (χ3n) is 3.09. The minimum Gasteiger partial charge on any atom is -0.475 e. The summed E-state index contributed by atoms with van der Waals surface area (Å²) in [5, 5.41) is 9.05. The van der Waals surface area contributed by atoms with Crippen LogP contribution in [0.15, 0.2) is 0 Å². The predicted molar refractivity (Wildman–Crippen MR) is 66.2 cm³/mol. The summed E-state index contributed by atoms with van der Waals surface area (Å²) in [5.41, 5.74) is 1.89. The SMILES string of the molecule is CCc1c(CN(CC)CC)nc(C(=O)O)n1C. The van der Waals surface area contributed by atoms with Gasteiger partial charge in [0.15, 0.2) is 0 Å². The van der Waals surface area contributed by atoms with Crippen LogP contribution in [0.25, 0.3) is 0 Å². The lowest BCUT2D eigenvalue weighted by Gasteiger charge is -2.17. The van der Waals surface area contributed by atoms with E-state index in [4.69, 9.17) is 5.11 Å². The number of hydrogen-bond donors (Lipinski definition) is 1. The Kier molecular flexibility index (Phi) is 4.69. The van der Waals surface area contributed by atoms with Gasteiger partial charge in [-0.1, -0.05) is 20.8 Å². The normalized spacial score (nSPS) is 11.1. The van der Waals surface area contributed by atoms with Crippen molar-refractivity contribution in [2.45, 2.75) is 33.7 Å². The molecule has 1 N–H and O–H groups in total. The van der Waals surface area contributed by atoms with Crippen LogP contribution in [-0.4, -0.2) is 38.6 Å². The maximum atomic E-state index is 11.0. The zero-order valence-electron chi connectivity index (χ0n) is 11.0. The van der Waals surface area contributed by atoms with E-state index in [1.165, 1.54) is 0 Å². The molecule has 0 fully saturated rings. The molecule has 5 nitrogen and oxygen atoms in total. The van der Waals surface area contributed by atoms with Gasteiger partial charge in [-0.05, 0) is 19.5 Å². The second kappa shape index (κ2) is 5.82. The smallest absolute Gasteiger partial charge is 0.372 e. The molecule has 17 heavy (non-hydrogen) atoms. The maximum absolute atomic E-state index is 11.0. The van der Waals surface area contributed by atoms with E-state index in [1.54, 1.807) is 11.6 Å². The van der Waals surface area contributed by atoms with Crippen LogP contribution in [0.3, 0.4) is 0 Å². The molecule has 1 aromatic rings. The fourth-order valence-electron chi connectivity index (χ4n) is 2.01. The molecule has 1 heterocycles. The molecular formula is C12H21N3O2. The molecule has 0 aliphatic carbocycles. The number of aromatic carboxylic acids is 1. The maximum Gasteiger partial charge on any atom is 0.372 e. The van der Waals surface area contributed by atoms with Crippen molar-refractivity contribution in [3.8, 4) is 0 Å². The Bertz CT molecular complexity index is 395. The van der Waals surface area contributed by atoms with Crippen LogP contribution in [0.1, 0.15) is 42.8 Å². The highest BCUT2D eigenvalue weighted by molar-refractivity contribution is 5.83. The van der Waals surface area contributed by atoms with Crippen LogP contribution in [-0.2, 0) is 20.0 Å². The van der Waals surface area contributed by atoms with Crippen LogP contribution < -0.4 is 0 Å². The quantitative estimate of drug-likeness (QED) is 0.817. The van der Waals surface area contributed by atoms with Crippen molar-refractivity contribution in [3.05, 3.63) is 17.2 Å². The summed E-state index contributed by atoms with van der Waals surface area (Å²) in [5.74, 6) is -0.836. The van der Waals surface area contributed by atoms with Crippen LogP contribution in [0.4, 0.5) is 0 Å². The Morgan fingerprint density at radius 1 is 1.35 bits per heavy atom. The van der Waals surface area contributed by atoms with Gasteiger partial charge < -0.3 is 9.67 Å². The molecule has 5 heteroatoms. The van der Waals surface area contributed by atoms with E-state index in [1.807, 2.05) is 6.92 Å². The highest BCUT2D eigenvalue weighted by atomic mass is 16.4. The van der Waals surface area contributed by atoms with Crippen molar-refractivity contribution in [1.29, 1.82) is 0 Å². The highest BCUT2D eigenvalue weighted by Gasteiger charge is 2.18. The summed E-state index contributed by atoms with van der Waals surface area (Å²) in [7, 11) is 1.76. The molecule has 0 aliphatic rings. The predicted octanol–water partition coefficient (Wildman–Crippen LogP) is 1.52. The van der Waals surface area contributed by atoms with Gasteiger partial charge in [-0.25, -0.2) is 9.78 Å². The van der Waals surface area contributed by atoms with Crippen LogP contribution in [0, 0.1) is 0 Å². The highest BCUT2D eigenvalue weighted by Crippen LogP contribution is 2.14. The molecule has 0 saturated heterocycles. The van der Waals surface area contributed by atoms with Gasteiger partial charge >= 0.3 is 5.97 Å². The molecule has 0 radical (unpaired) electrons. The lowest BCUT2D eigenvalue weighted by Crippen LogP contribution is -2.23. The Balaban J connectivity index is 3.06. The second-order valence-corrected chi connectivity index (χ2v) is 4.01. The average molecular weight is 239 g/mol. The van der Waals surface area contributed by atoms with Crippen molar-refractivity contribution in [2.75, 3.05) is 13.1 Å². The first-order valence-corrected chi connectivity index (χ1v) is 6.05. The number of aromatic nitrogens is 2. The summed E-state index contributed by atoms with van der Waals surface area (Å²) in [6.07, 6.45) is 0.799. The van der Waals surface area contributed by atoms with Gasteiger partial charge in [0, 0.05) is 19.3 Å². The zero-order valence-corrected chi connectivity index (χ0v) is 11.0. The molecule has 0 saturated carbocycles. The van der Waals surface area contributed by atoms with Gasteiger partial charge in [0.1, 0.15) is 0 Å². The number of nitrogens with zero attached hydrogens (tertiary/aromatic N) is 3. The Morgan fingerprint density at radius 2 is 1.94 bits per heavy atom. The zero-order chi connectivity index (χ0) is 13.0. The lowest BCUT2D eigenvalue weighted by atomic mass is 10.2. The summed E-state index contributed by atoms with van der Waals surface area (Å²) >= 11 is 0. The number of carboxylic acid groups (broad SMARTS) is 1. The molecule has 1 rings (SSSR count). The molecule has 0 aliphatic heterocycles. The van der Waals surface area contributed by atoms with E-state index in [0.29, 0.717) is 0 Å². The Morgan fingerprint density at radius 3 is 2.35 bits per heavy atom. The van der Waals surface area contributed by atoms with Gasteiger partial charge in [-0.15, -0.1) is 0 Å². The molecule has 0 aromatic carbocycles. The number of carboxylic acids is 1. The first-order valence-electron chi connectivity index (χ1n) is 6.05. The van der Waals surface area contributed by atoms with Gasteiger partial charge in [0.2, 0.25) is 5.82 Å². The number of rotatable bonds is 6. The first kappa shape index (κ1) is 13.7. The van der Waals surface area contributed by atoms with Gasteiger partial charge in [-0.3, -0.25) is 4.90 Å². The summed E-state index contributed by atoms with van der Waals surface area (Å²) < 4.78 is 1.68. The molecule has 96 valence electrons. The molecule has 0 unspecified atom stereocenters. The Labute approximate surface area is 102 Å². The van der Waals surface area contributed by atoms with Gasteiger partial charge in [0.25, 0.3) is 0 Å². The van der Waals surface area contributed by atoms with Crippen molar-refractivity contribution < 1.29 is 9.90 Å². The first-order chi connectivity index (χ1) is 8.04. The van der Waals surface area contributed by atoms with E-state index in [0.717, 1.165) is 37.4 Å². The topological polar surface area (TPSA) is 58.4 Å². The number of carbonyl (C=O) groups is 1. The minimum atomic E-state index is -0.965. The second-order valence-electron chi connectivity index (χ2n) is 4.01. The van der Waals surface area contributed by atoms with Gasteiger partial charge in [0.05, 0.1) is 5.69 Å². The fraction of sp³-hybridized carbons (Fsp3) is 0.667. The van der Waals surface area contributed by atoms with Crippen LogP contribution >= 0.6 is 0 Å². The molecular weight excluding hydrogens is 218 g/mol. The van der Waals surface area contributed by atoms with Crippen LogP contribution in [0.2, 0.25) is 0 Å². The molecule has 0 atom stereocenters. The van der Waals surface area contributed by atoms with E-state index in [9.17, 15) is 4.79 Å². The monoisotopic (exact) mass is 239 g/mol. The molecule has 0 amide bonds. The van der Waals surface area contributed by atoms with Crippen molar-refractivity contribution in [1.82, 2.24) is 14.5 Å².